The molecule has 2 aromatic carbocycles. The number of nitrogens with zero attached hydrogens (tertiary/aromatic N) is 2. The molecule has 1 N–H and O–H groups in total. The van der Waals surface area contributed by atoms with Crippen LogP contribution >= 0.6 is 11.3 Å². The molecule has 8 heteroatoms. The van der Waals surface area contributed by atoms with Crippen LogP contribution in [0, 0.1) is 20.8 Å². The molecule has 0 aliphatic heterocycles. The molecule has 3 rings (SSSR count). The number of nitrogens with one attached hydrogen (secondary N) is 1. The third kappa shape index (κ3) is 4.77. The standard InChI is InChI=1S/C22H23N3O3S2/c1-16-8-7-11-20(18(16)3)25(30(27,28)19-9-5-4-6-10-19)15-22(26)24-23-14-21-17(2)12-13-29-21/h4-14H,15H2,1-3H3,(H,24,26)/b23-14-. The zero-order chi connectivity index (χ0) is 21.7. The first kappa shape index (κ1) is 21.7. The summed E-state index contributed by atoms with van der Waals surface area (Å²) in [6.45, 7) is 5.31. The van der Waals surface area contributed by atoms with Gasteiger partial charge in [-0.3, -0.25) is 9.10 Å². The largest absolute Gasteiger partial charge is 0.271 e. The van der Waals surface area contributed by atoms with Crippen LogP contribution in [0.5, 0.6) is 0 Å². The summed E-state index contributed by atoms with van der Waals surface area (Å²) < 4.78 is 27.8. The summed E-state index contributed by atoms with van der Waals surface area (Å²) in [7, 11) is -3.94. The predicted molar refractivity (Wildman–Crippen MR) is 122 cm³/mol. The molecule has 30 heavy (non-hydrogen) atoms. The van der Waals surface area contributed by atoms with E-state index in [0.29, 0.717) is 5.69 Å². The summed E-state index contributed by atoms with van der Waals surface area (Å²) in [5.41, 5.74) is 5.69. The molecule has 1 aromatic heterocycles. The number of thiophene rings is 1. The van der Waals surface area contributed by atoms with Gasteiger partial charge in [0, 0.05) is 4.88 Å². The van der Waals surface area contributed by atoms with Gasteiger partial charge >= 0.3 is 0 Å². The third-order valence-electron chi connectivity index (χ3n) is 4.74. The molecule has 0 aliphatic carbocycles. The molecule has 0 aliphatic rings. The fourth-order valence-corrected chi connectivity index (χ4v) is 5.16. The molecule has 1 heterocycles. The van der Waals surface area contributed by atoms with E-state index in [4.69, 9.17) is 0 Å². The minimum Gasteiger partial charge on any atom is -0.271 e. The molecule has 1 amide bonds. The van der Waals surface area contributed by atoms with Crippen LogP contribution in [0.3, 0.4) is 0 Å². The number of aryl methyl sites for hydroxylation is 2. The third-order valence-corrected chi connectivity index (χ3v) is 7.46. The van der Waals surface area contributed by atoms with Crippen LogP contribution in [0.1, 0.15) is 21.6 Å². The van der Waals surface area contributed by atoms with Crippen molar-refractivity contribution in [1.29, 1.82) is 0 Å². The first-order chi connectivity index (χ1) is 14.3. The zero-order valence-electron chi connectivity index (χ0n) is 17.0. The smallest absolute Gasteiger partial charge is 0.264 e. The Labute approximate surface area is 180 Å². The maximum absolute atomic E-state index is 13.3. The summed E-state index contributed by atoms with van der Waals surface area (Å²) >= 11 is 1.51. The summed E-state index contributed by atoms with van der Waals surface area (Å²) in [5, 5.41) is 5.92. The minimum absolute atomic E-state index is 0.122. The number of carbonyl (C=O) groups excluding carboxylic acids is 1. The van der Waals surface area contributed by atoms with Gasteiger partial charge in [-0.25, -0.2) is 13.8 Å². The number of hydrazone groups is 1. The van der Waals surface area contributed by atoms with E-state index < -0.39 is 15.9 Å². The van der Waals surface area contributed by atoms with Crippen molar-refractivity contribution < 1.29 is 13.2 Å². The fraction of sp³-hybridized carbons (Fsp3) is 0.182. The number of carbonyl (C=O) groups is 1. The lowest BCUT2D eigenvalue weighted by Gasteiger charge is -2.26. The summed E-state index contributed by atoms with van der Waals surface area (Å²) in [6.07, 6.45) is 1.56. The number of benzene rings is 2. The average Bonchev–Trinajstić information content (AvgIpc) is 3.14. The molecule has 0 saturated heterocycles. The van der Waals surface area contributed by atoms with E-state index in [9.17, 15) is 13.2 Å². The minimum atomic E-state index is -3.94. The monoisotopic (exact) mass is 441 g/mol. The van der Waals surface area contributed by atoms with Gasteiger partial charge in [0.05, 0.1) is 16.8 Å². The van der Waals surface area contributed by atoms with Crippen LogP contribution in [0.2, 0.25) is 0 Å². The summed E-state index contributed by atoms with van der Waals surface area (Å²) in [5.74, 6) is -0.527. The number of rotatable bonds is 7. The van der Waals surface area contributed by atoms with Crippen LogP contribution in [0.15, 0.2) is 70.0 Å². The summed E-state index contributed by atoms with van der Waals surface area (Å²) in [6, 6.07) is 15.4. The first-order valence-electron chi connectivity index (χ1n) is 9.30. The van der Waals surface area contributed by atoms with E-state index in [0.717, 1.165) is 25.9 Å². The lowest BCUT2D eigenvalue weighted by molar-refractivity contribution is -0.119. The Balaban J connectivity index is 1.90. The average molecular weight is 442 g/mol. The fourth-order valence-electron chi connectivity index (χ4n) is 2.87. The van der Waals surface area contributed by atoms with E-state index >= 15 is 0 Å². The van der Waals surface area contributed by atoms with Crippen molar-refractivity contribution in [2.24, 2.45) is 5.10 Å². The van der Waals surface area contributed by atoms with Gasteiger partial charge in [-0.1, -0.05) is 30.3 Å². The topological polar surface area (TPSA) is 78.8 Å². The van der Waals surface area contributed by atoms with Crippen molar-refractivity contribution in [1.82, 2.24) is 5.43 Å². The Kier molecular flexibility index (Phi) is 6.69. The molecule has 0 bridgehead atoms. The Bertz CT molecular complexity index is 1170. The number of hydrogen-bond acceptors (Lipinski definition) is 5. The lowest BCUT2D eigenvalue weighted by Crippen LogP contribution is -2.40. The van der Waals surface area contributed by atoms with Gasteiger partial charge in [-0.05, 0) is 67.1 Å². The second-order valence-corrected chi connectivity index (χ2v) is 9.61. The molecule has 0 radical (unpaired) electrons. The predicted octanol–water partition coefficient (Wildman–Crippen LogP) is 4.02. The second kappa shape index (κ2) is 9.23. The maximum Gasteiger partial charge on any atom is 0.264 e. The molecule has 0 atom stereocenters. The number of sulfonamides is 1. The van der Waals surface area contributed by atoms with Crippen molar-refractivity contribution in [2.75, 3.05) is 10.8 Å². The van der Waals surface area contributed by atoms with Crippen LogP contribution in [-0.2, 0) is 14.8 Å². The van der Waals surface area contributed by atoms with E-state index in [1.165, 1.54) is 23.5 Å². The van der Waals surface area contributed by atoms with Gasteiger partial charge in [0.1, 0.15) is 6.54 Å². The maximum atomic E-state index is 13.3. The van der Waals surface area contributed by atoms with Crippen LogP contribution in [-0.4, -0.2) is 27.1 Å². The SMILES string of the molecule is Cc1ccsc1/C=N\NC(=O)CN(c1cccc(C)c1C)S(=O)(=O)c1ccccc1. The van der Waals surface area contributed by atoms with Gasteiger partial charge in [-0.15, -0.1) is 11.3 Å². The quantitative estimate of drug-likeness (QED) is 0.444. The van der Waals surface area contributed by atoms with E-state index in [1.54, 1.807) is 36.5 Å². The number of hydrogen-bond donors (Lipinski definition) is 1. The van der Waals surface area contributed by atoms with E-state index in [1.807, 2.05) is 38.3 Å². The van der Waals surface area contributed by atoms with Crippen molar-refractivity contribution in [2.45, 2.75) is 25.7 Å². The van der Waals surface area contributed by atoms with Crippen molar-refractivity contribution in [3.63, 3.8) is 0 Å². The Morgan fingerprint density at radius 2 is 1.77 bits per heavy atom. The molecule has 0 saturated carbocycles. The molecule has 6 nitrogen and oxygen atoms in total. The Morgan fingerprint density at radius 3 is 2.43 bits per heavy atom. The summed E-state index contributed by atoms with van der Waals surface area (Å²) in [4.78, 5) is 13.6. The second-order valence-electron chi connectivity index (χ2n) is 6.80. The zero-order valence-corrected chi connectivity index (χ0v) is 18.6. The number of anilines is 1. The van der Waals surface area contributed by atoms with Gasteiger partial charge in [0.2, 0.25) is 0 Å². The Morgan fingerprint density at radius 1 is 1.03 bits per heavy atom. The molecular weight excluding hydrogens is 418 g/mol. The van der Waals surface area contributed by atoms with Gasteiger partial charge in [0.25, 0.3) is 15.9 Å². The normalized spacial score (nSPS) is 11.6. The van der Waals surface area contributed by atoms with E-state index in [2.05, 4.69) is 10.5 Å². The van der Waals surface area contributed by atoms with Crippen molar-refractivity contribution in [3.05, 3.63) is 81.5 Å². The molecule has 0 unspecified atom stereocenters. The highest BCUT2D eigenvalue weighted by Crippen LogP contribution is 2.28. The molecule has 0 fully saturated rings. The Hall–Kier alpha value is -2.97. The lowest BCUT2D eigenvalue weighted by atomic mass is 10.1. The van der Waals surface area contributed by atoms with Crippen molar-refractivity contribution in [3.8, 4) is 0 Å². The molecular formula is C22H23N3O3S2. The first-order valence-corrected chi connectivity index (χ1v) is 11.6. The van der Waals surface area contributed by atoms with Gasteiger partial charge in [-0.2, -0.15) is 5.10 Å². The highest BCUT2D eigenvalue weighted by atomic mass is 32.2. The van der Waals surface area contributed by atoms with Crippen LogP contribution in [0.4, 0.5) is 5.69 Å². The van der Waals surface area contributed by atoms with Crippen LogP contribution < -0.4 is 9.73 Å². The van der Waals surface area contributed by atoms with Gasteiger partial charge in [0.15, 0.2) is 0 Å². The number of amides is 1. The molecule has 156 valence electrons. The van der Waals surface area contributed by atoms with Gasteiger partial charge < -0.3 is 0 Å². The molecule has 0 spiro atoms. The van der Waals surface area contributed by atoms with Crippen molar-refractivity contribution >= 4 is 39.2 Å². The highest BCUT2D eigenvalue weighted by Gasteiger charge is 2.28. The van der Waals surface area contributed by atoms with E-state index in [-0.39, 0.29) is 11.4 Å². The molecule has 3 aromatic rings. The highest BCUT2D eigenvalue weighted by molar-refractivity contribution is 7.92. The van der Waals surface area contributed by atoms with Crippen LogP contribution in [0.25, 0.3) is 0 Å².